The Bertz CT molecular complexity index is 2700. The first-order valence-electron chi connectivity index (χ1n) is 18.7. The van der Waals surface area contributed by atoms with Crippen LogP contribution < -0.4 is 0 Å². The molecular formula is C52H35N3. The fourth-order valence-corrected chi connectivity index (χ4v) is 8.37. The molecule has 6 aromatic carbocycles. The monoisotopic (exact) mass is 701 g/mol. The van der Waals surface area contributed by atoms with Crippen molar-refractivity contribution in [1.29, 1.82) is 0 Å². The largest absolute Gasteiger partial charge is 0.255 e. The van der Waals surface area contributed by atoms with E-state index in [1.807, 2.05) is 36.4 Å². The number of fused-ring (bicyclic) bond motifs is 3. The van der Waals surface area contributed by atoms with Gasteiger partial charge in [0.2, 0.25) is 0 Å². The maximum Gasteiger partial charge on any atom is 0.0900 e. The van der Waals surface area contributed by atoms with Crippen molar-refractivity contribution in [3.63, 3.8) is 0 Å². The smallest absolute Gasteiger partial charge is 0.0900 e. The van der Waals surface area contributed by atoms with Crippen LogP contribution in [0, 0.1) is 0 Å². The van der Waals surface area contributed by atoms with E-state index in [0.717, 1.165) is 45.0 Å². The van der Waals surface area contributed by atoms with Gasteiger partial charge in [0, 0.05) is 12.4 Å². The summed E-state index contributed by atoms with van der Waals surface area (Å²) >= 11 is 0. The first kappa shape index (κ1) is 32.4. The molecule has 0 saturated heterocycles. The molecule has 0 saturated carbocycles. The van der Waals surface area contributed by atoms with E-state index >= 15 is 0 Å². The number of nitrogens with zero attached hydrogens (tertiary/aromatic N) is 3. The van der Waals surface area contributed by atoms with Crippen molar-refractivity contribution >= 4 is 0 Å². The lowest BCUT2D eigenvalue weighted by Gasteiger charge is -2.34. The molecule has 0 fully saturated rings. The van der Waals surface area contributed by atoms with Gasteiger partial charge in [-0.2, -0.15) is 0 Å². The standard InChI is InChI=1S/C52H35N3/c1-3-19-42(20-4-1)52(43-21-5-2-6-22-43)46-24-8-7-23-44(46)45-28-27-40(33-47(45)52)38-17-13-15-36(31-38)37-16-14-18-39(32-37)41-34-50(48-25-9-11-29-53-48)55-51(35-41)49-26-10-12-30-54-49/h1-35H. The molecule has 0 atom stereocenters. The Labute approximate surface area is 321 Å². The topological polar surface area (TPSA) is 38.7 Å². The van der Waals surface area contributed by atoms with E-state index < -0.39 is 5.41 Å². The van der Waals surface area contributed by atoms with Gasteiger partial charge in [-0.15, -0.1) is 0 Å². The van der Waals surface area contributed by atoms with Crippen LogP contribution in [0.25, 0.3) is 67.3 Å². The van der Waals surface area contributed by atoms with Gasteiger partial charge in [-0.05, 0) is 121 Å². The van der Waals surface area contributed by atoms with E-state index in [1.165, 1.54) is 44.5 Å². The van der Waals surface area contributed by atoms with Crippen LogP contribution in [0.3, 0.4) is 0 Å². The molecule has 258 valence electrons. The predicted octanol–water partition coefficient (Wildman–Crippen LogP) is 12.6. The molecule has 3 heterocycles. The van der Waals surface area contributed by atoms with E-state index in [-0.39, 0.29) is 0 Å². The zero-order valence-corrected chi connectivity index (χ0v) is 30.0. The second-order valence-electron chi connectivity index (χ2n) is 14.0. The van der Waals surface area contributed by atoms with Crippen LogP contribution in [0.1, 0.15) is 22.3 Å². The van der Waals surface area contributed by atoms with Crippen molar-refractivity contribution in [2.75, 3.05) is 0 Å². The Morgan fingerprint density at radius 2 is 0.764 bits per heavy atom. The number of rotatable bonds is 7. The average Bonchev–Trinajstić information content (AvgIpc) is 3.58. The van der Waals surface area contributed by atoms with Crippen molar-refractivity contribution in [1.82, 2.24) is 15.0 Å². The lowest BCUT2D eigenvalue weighted by molar-refractivity contribution is 0.769. The lowest BCUT2D eigenvalue weighted by Crippen LogP contribution is -2.28. The Kier molecular flexibility index (Phi) is 8.04. The van der Waals surface area contributed by atoms with Crippen molar-refractivity contribution in [2.45, 2.75) is 5.41 Å². The van der Waals surface area contributed by atoms with Crippen molar-refractivity contribution in [3.8, 4) is 67.3 Å². The third kappa shape index (κ3) is 5.65. The highest BCUT2D eigenvalue weighted by Gasteiger charge is 2.46. The second-order valence-corrected chi connectivity index (χ2v) is 14.0. The van der Waals surface area contributed by atoms with Gasteiger partial charge in [0.15, 0.2) is 0 Å². The van der Waals surface area contributed by atoms with E-state index in [1.54, 1.807) is 12.4 Å². The molecule has 3 aromatic heterocycles. The summed E-state index contributed by atoms with van der Waals surface area (Å²) in [5.41, 5.74) is 17.4. The summed E-state index contributed by atoms with van der Waals surface area (Å²) in [7, 11) is 0. The van der Waals surface area contributed by atoms with Crippen LogP contribution in [0.15, 0.2) is 213 Å². The fraction of sp³-hybridized carbons (Fsp3) is 0.0192. The predicted molar refractivity (Wildman–Crippen MR) is 224 cm³/mol. The van der Waals surface area contributed by atoms with Crippen molar-refractivity contribution in [2.24, 2.45) is 0 Å². The summed E-state index contributed by atoms with van der Waals surface area (Å²) in [6.07, 6.45) is 3.61. The highest BCUT2D eigenvalue weighted by Crippen LogP contribution is 2.56. The van der Waals surface area contributed by atoms with E-state index in [9.17, 15) is 0 Å². The van der Waals surface area contributed by atoms with Gasteiger partial charge in [-0.1, -0.05) is 146 Å². The molecule has 0 N–H and O–H groups in total. The van der Waals surface area contributed by atoms with Crippen LogP contribution in [-0.4, -0.2) is 15.0 Å². The molecule has 3 nitrogen and oxygen atoms in total. The first-order valence-corrected chi connectivity index (χ1v) is 18.7. The van der Waals surface area contributed by atoms with E-state index in [2.05, 4.69) is 174 Å². The van der Waals surface area contributed by atoms with Gasteiger partial charge in [0.1, 0.15) is 0 Å². The zero-order valence-electron chi connectivity index (χ0n) is 30.0. The number of pyridine rings is 3. The Morgan fingerprint density at radius 3 is 1.31 bits per heavy atom. The molecule has 1 aliphatic rings. The highest BCUT2D eigenvalue weighted by atomic mass is 14.8. The van der Waals surface area contributed by atoms with Gasteiger partial charge >= 0.3 is 0 Å². The van der Waals surface area contributed by atoms with Gasteiger partial charge in [-0.25, -0.2) is 4.98 Å². The number of benzene rings is 6. The lowest BCUT2D eigenvalue weighted by atomic mass is 9.67. The molecule has 0 spiro atoms. The van der Waals surface area contributed by atoms with Crippen LogP contribution in [0.2, 0.25) is 0 Å². The van der Waals surface area contributed by atoms with Crippen LogP contribution in [0.5, 0.6) is 0 Å². The molecule has 0 radical (unpaired) electrons. The van der Waals surface area contributed by atoms with Crippen molar-refractivity contribution in [3.05, 3.63) is 235 Å². The molecular weight excluding hydrogens is 667 g/mol. The third-order valence-electron chi connectivity index (χ3n) is 10.9. The molecule has 0 unspecified atom stereocenters. The molecule has 3 heteroatoms. The Hall–Kier alpha value is -7.23. The fourth-order valence-electron chi connectivity index (χ4n) is 8.37. The zero-order chi connectivity index (χ0) is 36.6. The first-order chi connectivity index (χ1) is 27.3. The molecule has 0 amide bonds. The number of hydrogen-bond acceptors (Lipinski definition) is 3. The maximum atomic E-state index is 4.99. The summed E-state index contributed by atoms with van der Waals surface area (Å²) in [5.74, 6) is 0. The second kappa shape index (κ2) is 13.6. The molecule has 0 bridgehead atoms. The Morgan fingerprint density at radius 1 is 0.291 bits per heavy atom. The van der Waals surface area contributed by atoms with Gasteiger partial charge in [0.05, 0.1) is 28.2 Å². The quantitative estimate of drug-likeness (QED) is 0.166. The Balaban J connectivity index is 1.08. The summed E-state index contributed by atoms with van der Waals surface area (Å²) in [6.45, 7) is 0. The average molecular weight is 702 g/mol. The minimum Gasteiger partial charge on any atom is -0.255 e. The highest BCUT2D eigenvalue weighted by molar-refractivity contribution is 5.89. The van der Waals surface area contributed by atoms with E-state index in [4.69, 9.17) is 4.98 Å². The minimum absolute atomic E-state index is 0.441. The maximum absolute atomic E-state index is 4.99. The van der Waals surface area contributed by atoms with Crippen molar-refractivity contribution < 1.29 is 0 Å². The number of hydrogen-bond donors (Lipinski definition) is 0. The third-order valence-corrected chi connectivity index (χ3v) is 10.9. The summed E-state index contributed by atoms with van der Waals surface area (Å²) in [5, 5.41) is 0. The molecule has 1 aliphatic carbocycles. The van der Waals surface area contributed by atoms with Crippen LogP contribution in [-0.2, 0) is 5.41 Å². The SMILES string of the molecule is c1ccc(C2(c3ccccc3)c3ccccc3-c3ccc(-c4cccc(-c5cccc(-c6cc(-c7ccccn7)nc(-c7ccccn7)c6)c5)c4)cc32)cc1. The summed E-state index contributed by atoms with van der Waals surface area (Å²) in [4.78, 5) is 14.2. The van der Waals surface area contributed by atoms with Crippen LogP contribution in [0.4, 0.5) is 0 Å². The molecule has 9 aromatic rings. The molecule has 0 aliphatic heterocycles. The van der Waals surface area contributed by atoms with E-state index in [0.29, 0.717) is 0 Å². The number of aromatic nitrogens is 3. The van der Waals surface area contributed by atoms with Crippen LogP contribution >= 0.6 is 0 Å². The van der Waals surface area contributed by atoms with Gasteiger partial charge in [-0.3, -0.25) is 9.97 Å². The normalized spacial score (nSPS) is 12.5. The minimum atomic E-state index is -0.441. The van der Waals surface area contributed by atoms with Gasteiger partial charge in [0.25, 0.3) is 0 Å². The molecule has 10 rings (SSSR count). The molecule has 55 heavy (non-hydrogen) atoms. The summed E-state index contributed by atoms with van der Waals surface area (Å²) < 4.78 is 0. The summed E-state index contributed by atoms with van der Waals surface area (Å²) in [6, 6.07) is 71.7. The van der Waals surface area contributed by atoms with Gasteiger partial charge < -0.3 is 0 Å².